The molecule has 0 radical (unpaired) electrons. The molecule has 3 heterocycles. The minimum atomic E-state index is -0.389. The van der Waals surface area contributed by atoms with Crippen LogP contribution in [0.1, 0.15) is 5.56 Å². The van der Waals surface area contributed by atoms with Crippen LogP contribution in [0.2, 0.25) is 0 Å². The van der Waals surface area contributed by atoms with Gasteiger partial charge in [-0.25, -0.2) is 9.37 Å². The van der Waals surface area contributed by atoms with E-state index in [4.69, 9.17) is 10.5 Å². The average molecular weight is 428 g/mol. The number of pyridine rings is 1. The maximum absolute atomic E-state index is 14.3. The lowest BCUT2D eigenvalue weighted by Gasteiger charge is -2.24. The minimum Gasteiger partial charge on any atom is -0.378 e. The molecule has 5 rings (SSSR count). The van der Waals surface area contributed by atoms with Crippen LogP contribution >= 0.6 is 0 Å². The summed E-state index contributed by atoms with van der Waals surface area (Å²) < 4.78 is 19.9. The van der Waals surface area contributed by atoms with E-state index in [9.17, 15) is 9.65 Å². The molecule has 1 saturated heterocycles. The van der Waals surface area contributed by atoms with E-state index in [-0.39, 0.29) is 23.5 Å². The van der Waals surface area contributed by atoms with Crippen LogP contribution in [0.4, 0.5) is 10.1 Å². The molecule has 1 fully saturated rings. The number of fused-ring (bicyclic) bond motifs is 1. The second kappa shape index (κ2) is 8.04. The fraction of sp³-hybridized carbons (Fsp3) is 0.208. The molecule has 2 unspecified atom stereocenters. The predicted octanol–water partition coefficient (Wildman–Crippen LogP) is 3.46. The summed E-state index contributed by atoms with van der Waals surface area (Å²) in [6.45, 7) is 1.17. The molecule has 160 valence electrons. The number of imidazole rings is 1. The van der Waals surface area contributed by atoms with Crippen LogP contribution in [-0.2, 0) is 4.74 Å². The van der Waals surface area contributed by atoms with E-state index in [2.05, 4.69) is 25.9 Å². The number of para-hydroxylation sites is 1. The van der Waals surface area contributed by atoms with Gasteiger partial charge in [-0.3, -0.25) is 4.98 Å². The maximum atomic E-state index is 14.3. The van der Waals surface area contributed by atoms with Gasteiger partial charge in [-0.05, 0) is 29.8 Å². The number of aromatic nitrogens is 3. The van der Waals surface area contributed by atoms with Gasteiger partial charge in [0.05, 0.1) is 40.5 Å². The number of H-pyrrole nitrogens is 1. The molecule has 0 spiro atoms. The zero-order valence-electron chi connectivity index (χ0n) is 17.4. The van der Waals surface area contributed by atoms with Gasteiger partial charge >= 0.3 is 0 Å². The molecule has 1 aliphatic heterocycles. The van der Waals surface area contributed by atoms with E-state index in [1.807, 2.05) is 18.2 Å². The summed E-state index contributed by atoms with van der Waals surface area (Å²) in [5, 5.41) is 9.37. The summed E-state index contributed by atoms with van der Waals surface area (Å²) >= 11 is 0. The van der Waals surface area contributed by atoms with Crippen molar-refractivity contribution in [2.24, 2.45) is 5.73 Å². The van der Waals surface area contributed by atoms with Crippen LogP contribution in [0.5, 0.6) is 0 Å². The van der Waals surface area contributed by atoms with Gasteiger partial charge in [-0.1, -0.05) is 18.2 Å². The first-order valence-corrected chi connectivity index (χ1v) is 10.3. The number of nitrogens with two attached hydrogens (primary N) is 1. The summed E-state index contributed by atoms with van der Waals surface area (Å²) in [5.41, 5.74) is 11.0. The summed E-state index contributed by atoms with van der Waals surface area (Å²) in [6.07, 6.45) is 3.36. The molecule has 0 aliphatic carbocycles. The number of nitriles is 1. The molecular weight excluding hydrogens is 407 g/mol. The van der Waals surface area contributed by atoms with Gasteiger partial charge in [0.25, 0.3) is 0 Å². The number of hydrogen-bond donors (Lipinski definition) is 2. The lowest BCUT2D eigenvalue weighted by molar-refractivity contribution is 0.108. The van der Waals surface area contributed by atoms with Crippen molar-refractivity contribution >= 4 is 16.7 Å². The largest absolute Gasteiger partial charge is 0.378 e. The molecule has 32 heavy (non-hydrogen) atoms. The Kier molecular flexibility index (Phi) is 5.05. The summed E-state index contributed by atoms with van der Waals surface area (Å²) in [7, 11) is 1.65. The number of halogens is 1. The van der Waals surface area contributed by atoms with Gasteiger partial charge in [0.1, 0.15) is 11.3 Å². The number of methoxy groups -OCH3 is 1. The molecule has 0 amide bonds. The Hall–Kier alpha value is -3.80. The number of nitrogens with one attached hydrogen (secondary N) is 1. The van der Waals surface area contributed by atoms with E-state index in [1.165, 1.54) is 6.07 Å². The van der Waals surface area contributed by atoms with E-state index >= 15 is 0 Å². The first kappa shape index (κ1) is 20.1. The first-order chi connectivity index (χ1) is 15.6. The summed E-state index contributed by atoms with van der Waals surface area (Å²) in [6, 6.07) is 14.2. The SMILES string of the molecule is COC1CN(c2c(-c3cccc(C#N)c3)cncc2-c2nc3c(F)cccc3[nH]2)CC1N. The fourth-order valence-corrected chi connectivity index (χ4v) is 4.29. The van der Waals surface area contributed by atoms with Gasteiger partial charge in [-0.2, -0.15) is 5.26 Å². The number of nitrogens with zero attached hydrogens (tertiary/aromatic N) is 4. The molecule has 4 aromatic rings. The van der Waals surface area contributed by atoms with Crippen molar-refractivity contribution in [3.8, 4) is 28.6 Å². The maximum Gasteiger partial charge on any atom is 0.151 e. The fourth-order valence-electron chi connectivity index (χ4n) is 4.29. The Morgan fingerprint density at radius 2 is 2.00 bits per heavy atom. The van der Waals surface area contributed by atoms with Gasteiger partial charge in [-0.15, -0.1) is 0 Å². The molecule has 0 bridgehead atoms. The Bertz CT molecular complexity index is 1340. The third-order valence-electron chi connectivity index (χ3n) is 5.87. The van der Waals surface area contributed by atoms with Gasteiger partial charge in [0.2, 0.25) is 0 Å². The highest BCUT2D eigenvalue weighted by Crippen LogP contribution is 2.40. The molecule has 2 aromatic heterocycles. The van der Waals surface area contributed by atoms with Crippen LogP contribution in [0.3, 0.4) is 0 Å². The van der Waals surface area contributed by atoms with Crippen LogP contribution < -0.4 is 10.6 Å². The van der Waals surface area contributed by atoms with Crippen molar-refractivity contribution in [2.75, 3.05) is 25.1 Å². The lowest BCUT2D eigenvalue weighted by Crippen LogP contribution is -2.34. The smallest absolute Gasteiger partial charge is 0.151 e. The highest BCUT2D eigenvalue weighted by atomic mass is 19.1. The second-order valence-corrected chi connectivity index (χ2v) is 7.84. The van der Waals surface area contributed by atoms with E-state index in [1.54, 1.807) is 37.7 Å². The zero-order chi connectivity index (χ0) is 22.2. The molecule has 2 aromatic carbocycles. The quantitative estimate of drug-likeness (QED) is 0.516. The average Bonchev–Trinajstić information content (AvgIpc) is 3.42. The summed E-state index contributed by atoms with van der Waals surface area (Å²) in [5.74, 6) is 0.125. The van der Waals surface area contributed by atoms with Gasteiger partial charge in [0.15, 0.2) is 5.82 Å². The second-order valence-electron chi connectivity index (χ2n) is 7.84. The van der Waals surface area contributed by atoms with Gasteiger partial charge < -0.3 is 20.4 Å². The van der Waals surface area contributed by atoms with Crippen molar-refractivity contribution in [1.29, 1.82) is 5.26 Å². The van der Waals surface area contributed by atoms with E-state index in [0.29, 0.717) is 30.0 Å². The van der Waals surface area contributed by atoms with Crippen LogP contribution in [0.25, 0.3) is 33.5 Å². The number of anilines is 1. The normalized spacial score (nSPS) is 18.2. The number of benzene rings is 2. The predicted molar refractivity (Wildman–Crippen MR) is 120 cm³/mol. The van der Waals surface area contributed by atoms with Crippen LogP contribution in [0, 0.1) is 17.1 Å². The van der Waals surface area contributed by atoms with Crippen LogP contribution in [0.15, 0.2) is 54.9 Å². The number of hydrogen-bond acceptors (Lipinski definition) is 6. The van der Waals surface area contributed by atoms with Crippen molar-refractivity contribution in [3.63, 3.8) is 0 Å². The highest BCUT2D eigenvalue weighted by Gasteiger charge is 2.33. The van der Waals surface area contributed by atoms with Crippen molar-refractivity contribution in [1.82, 2.24) is 15.0 Å². The lowest BCUT2D eigenvalue weighted by atomic mass is 10.00. The van der Waals surface area contributed by atoms with E-state index in [0.717, 1.165) is 22.4 Å². The third kappa shape index (κ3) is 3.38. The molecule has 2 atom stereocenters. The minimum absolute atomic E-state index is 0.123. The van der Waals surface area contributed by atoms with E-state index < -0.39 is 0 Å². The Labute approximate surface area is 184 Å². The third-order valence-corrected chi connectivity index (χ3v) is 5.87. The molecule has 3 N–H and O–H groups in total. The van der Waals surface area contributed by atoms with Crippen molar-refractivity contribution < 1.29 is 9.13 Å². The Morgan fingerprint density at radius 3 is 2.75 bits per heavy atom. The molecule has 1 aliphatic rings. The van der Waals surface area contributed by atoms with Crippen LogP contribution in [-0.4, -0.2) is 47.3 Å². The molecule has 7 nitrogen and oxygen atoms in total. The number of aromatic amines is 1. The monoisotopic (exact) mass is 428 g/mol. The van der Waals surface area contributed by atoms with Crippen molar-refractivity contribution in [3.05, 3.63) is 66.2 Å². The summed E-state index contributed by atoms with van der Waals surface area (Å²) in [4.78, 5) is 14.3. The Morgan fingerprint density at radius 1 is 1.19 bits per heavy atom. The van der Waals surface area contributed by atoms with Gasteiger partial charge in [0, 0.05) is 38.2 Å². The molecule has 0 saturated carbocycles. The Balaban J connectivity index is 1.73. The topological polar surface area (TPSA) is 104 Å². The standard InChI is InChI=1S/C24H21FN6O/c1-32-21-13-31(12-19(21)27)23-16(15-5-2-4-14(8-15)9-26)10-28-11-17(23)24-29-20-7-3-6-18(25)22(20)30-24/h2-8,10-11,19,21H,12-13,27H2,1H3,(H,29,30). The number of ether oxygens (including phenoxy) is 1. The molecular formula is C24H21FN6O. The first-order valence-electron chi connectivity index (χ1n) is 10.3. The zero-order valence-corrected chi connectivity index (χ0v) is 17.4. The van der Waals surface area contributed by atoms with Crippen molar-refractivity contribution in [2.45, 2.75) is 12.1 Å². The molecule has 8 heteroatoms. The number of rotatable bonds is 4. The highest BCUT2D eigenvalue weighted by molar-refractivity contribution is 5.91.